The van der Waals surface area contributed by atoms with Crippen LogP contribution in [0.4, 0.5) is 0 Å². The van der Waals surface area contributed by atoms with E-state index in [9.17, 15) is 9.59 Å². The molecule has 210 valence electrons. The average Bonchev–Trinajstić information content (AvgIpc) is 3.27. The second kappa shape index (κ2) is 9.69. The van der Waals surface area contributed by atoms with Gasteiger partial charge in [0.2, 0.25) is 0 Å². The first-order valence-corrected chi connectivity index (χ1v) is 15.5. The zero-order chi connectivity index (χ0) is 27.6. The summed E-state index contributed by atoms with van der Waals surface area (Å²) in [6.07, 6.45) is 8.66. The van der Waals surface area contributed by atoms with Gasteiger partial charge >= 0.3 is 5.97 Å². The molecule has 0 aromatic heterocycles. The van der Waals surface area contributed by atoms with E-state index in [1.165, 1.54) is 19.3 Å². The van der Waals surface area contributed by atoms with E-state index < -0.39 is 6.10 Å². The van der Waals surface area contributed by atoms with Gasteiger partial charge in [-0.1, -0.05) is 62.4 Å². The Kier molecular flexibility index (Phi) is 6.34. The quantitative estimate of drug-likeness (QED) is 0.248. The van der Waals surface area contributed by atoms with Crippen molar-refractivity contribution in [2.24, 2.45) is 34.5 Å². The van der Waals surface area contributed by atoms with Gasteiger partial charge < -0.3 is 9.47 Å². The molecule has 7 rings (SSSR count). The molecule has 4 aliphatic rings. The topological polar surface area (TPSA) is 52.6 Å². The fourth-order valence-corrected chi connectivity index (χ4v) is 9.99. The standard InChI is InChI=1S/C36H42O4/c1-35-18-16-25(21-24(35)12-13-28-29-14-15-31(37)36(29,2)19-17-30(28)35)40-34(38)33(39-3)32-26-10-6-4-8-22(26)20-23-9-5-7-11-27(23)32/h4-11,20,24-25,28-30,33H,12-19,21H2,1-3H3/t24-,25-,28-,29-,30-,33-,35-,36-/m0/s1. The summed E-state index contributed by atoms with van der Waals surface area (Å²) in [6, 6.07) is 18.6. The van der Waals surface area contributed by atoms with Crippen molar-refractivity contribution < 1.29 is 19.1 Å². The highest BCUT2D eigenvalue weighted by Gasteiger charge is 2.60. The van der Waals surface area contributed by atoms with Crippen LogP contribution in [0.1, 0.15) is 83.3 Å². The Balaban J connectivity index is 1.11. The first-order valence-electron chi connectivity index (χ1n) is 15.5. The summed E-state index contributed by atoms with van der Waals surface area (Å²) in [7, 11) is 1.62. The minimum atomic E-state index is -0.768. The van der Waals surface area contributed by atoms with Crippen molar-refractivity contribution in [3.05, 3.63) is 60.2 Å². The highest BCUT2D eigenvalue weighted by Crippen LogP contribution is 2.65. The van der Waals surface area contributed by atoms with Gasteiger partial charge in [0.25, 0.3) is 0 Å². The number of benzene rings is 3. The Bertz CT molecular complexity index is 1420. The molecule has 4 nitrogen and oxygen atoms in total. The Hall–Kier alpha value is -2.72. The Morgan fingerprint density at radius 3 is 2.27 bits per heavy atom. The van der Waals surface area contributed by atoms with Crippen molar-refractivity contribution in [1.29, 1.82) is 0 Å². The number of esters is 1. The maximum Gasteiger partial charge on any atom is 0.340 e. The first kappa shape index (κ1) is 26.2. The maximum absolute atomic E-state index is 13.8. The van der Waals surface area contributed by atoms with Crippen LogP contribution in [0.3, 0.4) is 0 Å². The second-order valence-electron chi connectivity index (χ2n) is 13.8. The number of fused-ring (bicyclic) bond motifs is 7. The molecule has 8 atom stereocenters. The highest BCUT2D eigenvalue weighted by molar-refractivity contribution is 6.05. The molecule has 0 radical (unpaired) electrons. The van der Waals surface area contributed by atoms with Crippen molar-refractivity contribution >= 4 is 33.3 Å². The molecule has 0 saturated heterocycles. The lowest BCUT2D eigenvalue weighted by molar-refractivity contribution is -0.172. The summed E-state index contributed by atoms with van der Waals surface area (Å²) in [5.74, 6) is 2.77. The molecule has 40 heavy (non-hydrogen) atoms. The van der Waals surface area contributed by atoms with E-state index in [0.717, 1.165) is 65.6 Å². The van der Waals surface area contributed by atoms with Crippen molar-refractivity contribution in [1.82, 2.24) is 0 Å². The molecule has 0 aliphatic heterocycles. The van der Waals surface area contributed by atoms with E-state index in [1.807, 2.05) is 24.3 Å². The Morgan fingerprint density at radius 2 is 1.57 bits per heavy atom. The van der Waals surface area contributed by atoms with Gasteiger partial charge in [0, 0.05) is 24.5 Å². The molecule has 3 aromatic carbocycles. The number of ketones is 1. The molecule has 0 spiro atoms. The lowest BCUT2D eigenvalue weighted by atomic mass is 9.45. The summed E-state index contributed by atoms with van der Waals surface area (Å²) in [4.78, 5) is 26.6. The third kappa shape index (κ3) is 3.89. The normalized spacial score (nSPS) is 36.1. The fourth-order valence-electron chi connectivity index (χ4n) is 9.99. The number of hydrogen-bond donors (Lipinski definition) is 0. The minimum Gasteiger partial charge on any atom is -0.460 e. The number of carbonyl (C=O) groups excluding carboxylic acids is 2. The van der Waals surface area contributed by atoms with Gasteiger partial charge in [0.05, 0.1) is 0 Å². The monoisotopic (exact) mass is 538 g/mol. The zero-order valence-electron chi connectivity index (χ0n) is 24.2. The van der Waals surface area contributed by atoms with Crippen LogP contribution in [0.2, 0.25) is 0 Å². The third-order valence-electron chi connectivity index (χ3n) is 12.1. The van der Waals surface area contributed by atoms with Crippen LogP contribution in [-0.4, -0.2) is 25.0 Å². The van der Waals surface area contributed by atoms with E-state index in [2.05, 4.69) is 44.2 Å². The predicted molar refractivity (Wildman–Crippen MR) is 158 cm³/mol. The van der Waals surface area contributed by atoms with Crippen molar-refractivity contribution in [3.8, 4) is 0 Å². The van der Waals surface area contributed by atoms with Gasteiger partial charge in [-0.25, -0.2) is 4.79 Å². The van der Waals surface area contributed by atoms with Crippen molar-refractivity contribution in [3.63, 3.8) is 0 Å². The third-order valence-corrected chi connectivity index (χ3v) is 12.1. The molecular formula is C36H42O4. The number of ether oxygens (including phenoxy) is 2. The van der Waals surface area contributed by atoms with Crippen LogP contribution >= 0.6 is 0 Å². The Morgan fingerprint density at radius 1 is 0.875 bits per heavy atom. The number of carbonyl (C=O) groups is 2. The molecule has 0 bridgehead atoms. The SMILES string of the molecule is CO[C@H](C(=O)O[C@H]1CC[C@@]2(C)[C@@H](CC[C@@H]3[C@@H]2CC[C@]2(C)C(=O)CC[C@@H]32)C1)c1c2ccccc2cc2ccccc12. The van der Waals surface area contributed by atoms with Crippen molar-refractivity contribution in [2.45, 2.75) is 83.8 Å². The van der Waals surface area contributed by atoms with Gasteiger partial charge in [-0.15, -0.1) is 0 Å². The van der Waals surface area contributed by atoms with Crippen molar-refractivity contribution in [2.75, 3.05) is 7.11 Å². The van der Waals surface area contributed by atoms with Crippen LogP contribution < -0.4 is 0 Å². The van der Waals surface area contributed by atoms with Crippen LogP contribution in [0.5, 0.6) is 0 Å². The molecule has 4 aliphatic carbocycles. The summed E-state index contributed by atoms with van der Waals surface area (Å²) in [6.45, 7) is 4.78. The first-order chi connectivity index (χ1) is 19.3. The van der Waals surface area contributed by atoms with Crippen LogP contribution in [0, 0.1) is 34.5 Å². The molecule has 0 amide bonds. The summed E-state index contributed by atoms with van der Waals surface area (Å²) in [5, 5.41) is 4.27. The highest BCUT2D eigenvalue weighted by atomic mass is 16.6. The average molecular weight is 539 g/mol. The molecule has 4 fully saturated rings. The fraction of sp³-hybridized carbons (Fsp3) is 0.556. The number of hydrogen-bond acceptors (Lipinski definition) is 4. The maximum atomic E-state index is 13.8. The number of Topliss-reactive ketones (excluding diaryl/α,β-unsaturated/α-hetero) is 1. The lowest BCUT2D eigenvalue weighted by Crippen LogP contribution is -2.54. The predicted octanol–water partition coefficient (Wildman–Crippen LogP) is 8.20. The Labute approximate surface area is 237 Å². The van der Waals surface area contributed by atoms with Crippen LogP contribution in [0.25, 0.3) is 21.5 Å². The largest absolute Gasteiger partial charge is 0.460 e. The van der Waals surface area contributed by atoms with E-state index in [4.69, 9.17) is 9.47 Å². The van der Waals surface area contributed by atoms with Gasteiger partial charge in [-0.3, -0.25) is 4.79 Å². The van der Waals surface area contributed by atoms with E-state index >= 15 is 0 Å². The van der Waals surface area contributed by atoms with Gasteiger partial charge in [-0.05, 0) is 108 Å². The van der Waals surface area contributed by atoms with Gasteiger partial charge in [0.15, 0.2) is 6.10 Å². The zero-order valence-corrected chi connectivity index (χ0v) is 24.2. The number of methoxy groups -OCH3 is 1. The molecular weight excluding hydrogens is 496 g/mol. The van der Waals surface area contributed by atoms with E-state index in [0.29, 0.717) is 29.5 Å². The van der Waals surface area contributed by atoms with Gasteiger partial charge in [-0.2, -0.15) is 0 Å². The number of rotatable bonds is 4. The summed E-state index contributed by atoms with van der Waals surface area (Å²) < 4.78 is 12.2. The summed E-state index contributed by atoms with van der Waals surface area (Å²) >= 11 is 0. The molecule has 0 heterocycles. The minimum absolute atomic E-state index is 0.0667. The van der Waals surface area contributed by atoms with E-state index in [-0.39, 0.29) is 22.9 Å². The van der Waals surface area contributed by atoms with Gasteiger partial charge in [0.1, 0.15) is 11.9 Å². The van der Waals surface area contributed by atoms with E-state index in [1.54, 1.807) is 7.11 Å². The molecule has 4 saturated carbocycles. The molecule has 0 N–H and O–H groups in total. The van der Waals surface area contributed by atoms with Crippen LogP contribution in [-0.2, 0) is 19.1 Å². The molecule has 0 unspecified atom stereocenters. The van der Waals surface area contributed by atoms with Crippen LogP contribution in [0.15, 0.2) is 54.6 Å². The smallest absolute Gasteiger partial charge is 0.340 e. The molecule has 4 heteroatoms. The summed E-state index contributed by atoms with van der Waals surface area (Å²) in [5.41, 5.74) is 1.11. The second-order valence-corrected chi connectivity index (χ2v) is 13.8. The molecule has 3 aromatic rings. The lowest BCUT2D eigenvalue weighted by Gasteiger charge is -2.60.